The van der Waals surface area contributed by atoms with Crippen molar-refractivity contribution in [3.8, 4) is 0 Å². The van der Waals surface area contributed by atoms with Crippen LogP contribution in [0.1, 0.15) is 6.92 Å². The predicted molar refractivity (Wildman–Crippen MR) is 69.2 cm³/mol. The summed E-state index contributed by atoms with van der Waals surface area (Å²) in [6, 6.07) is 20.2. The number of anilines is 2. The second-order valence-electron chi connectivity index (χ2n) is 3.36. The molecule has 2 nitrogen and oxygen atoms in total. The fourth-order valence-electron chi connectivity index (χ4n) is 1.54. The van der Waals surface area contributed by atoms with E-state index in [1.807, 2.05) is 72.6 Å². The molecule has 0 aliphatic rings. The zero-order chi connectivity index (χ0) is 11.2. The van der Waals surface area contributed by atoms with Crippen LogP contribution in [0.2, 0.25) is 0 Å². The van der Waals surface area contributed by atoms with Crippen LogP contribution in [-0.4, -0.2) is 6.21 Å². The maximum atomic E-state index is 4.37. The van der Waals surface area contributed by atoms with E-state index >= 15 is 0 Å². The van der Waals surface area contributed by atoms with Crippen molar-refractivity contribution in [1.82, 2.24) is 0 Å². The van der Waals surface area contributed by atoms with Gasteiger partial charge in [-0.2, -0.15) is 5.10 Å². The van der Waals surface area contributed by atoms with Crippen molar-refractivity contribution >= 4 is 17.6 Å². The fourth-order valence-corrected chi connectivity index (χ4v) is 1.54. The summed E-state index contributed by atoms with van der Waals surface area (Å²) in [6.07, 6.45) is 1.79. The molecule has 0 saturated carbocycles. The van der Waals surface area contributed by atoms with Crippen LogP contribution in [0.5, 0.6) is 0 Å². The van der Waals surface area contributed by atoms with Gasteiger partial charge in [0.15, 0.2) is 0 Å². The number of para-hydroxylation sites is 2. The summed E-state index contributed by atoms with van der Waals surface area (Å²) in [5.41, 5.74) is 2.12. The lowest BCUT2D eigenvalue weighted by molar-refractivity contribution is 1.09. The molecule has 2 heteroatoms. The second kappa shape index (κ2) is 5.12. The van der Waals surface area contributed by atoms with Crippen molar-refractivity contribution in [2.45, 2.75) is 6.92 Å². The highest BCUT2D eigenvalue weighted by atomic mass is 15.5. The SMILES string of the molecule is C/C=N\N(c1ccccc1)c1ccccc1. The second-order valence-corrected chi connectivity index (χ2v) is 3.36. The minimum Gasteiger partial charge on any atom is -0.234 e. The van der Waals surface area contributed by atoms with Gasteiger partial charge in [-0.1, -0.05) is 36.4 Å². The Kier molecular flexibility index (Phi) is 3.34. The summed E-state index contributed by atoms with van der Waals surface area (Å²) >= 11 is 0. The zero-order valence-corrected chi connectivity index (χ0v) is 9.25. The Hall–Kier alpha value is -2.09. The van der Waals surface area contributed by atoms with E-state index in [1.54, 1.807) is 6.21 Å². The Balaban J connectivity index is 2.39. The third kappa shape index (κ3) is 2.28. The quantitative estimate of drug-likeness (QED) is 0.555. The number of hydrazone groups is 1. The molecule has 2 aromatic carbocycles. The molecule has 0 atom stereocenters. The first kappa shape index (κ1) is 10.4. The summed E-state index contributed by atoms with van der Waals surface area (Å²) in [5, 5.41) is 6.29. The number of benzene rings is 2. The van der Waals surface area contributed by atoms with Crippen LogP contribution in [-0.2, 0) is 0 Å². The highest BCUT2D eigenvalue weighted by molar-refractivity contribution is 5.66. The summed E-state index contributed by atoms with van der Waals surface area (Å²) in [4.78, 5) is 0. The smallest absolute Gasteiger partial charge is 0.0652 e. The van der Waals surface area contributed by atoms with Gasteiger partial charge in [-0.25, -0.2) is 5.01 Å². The number of hydrogen-bond acceptors (Lipinski definition) is 2. The Bertz CT molecular complexity index is 409. The van der Waals surface area contributed by atoms with E-state index in [0.29, 0.717) is 0 Å². The molecular formula is C14H14N2. The van der Waals surface area contributed by atoms with Gasteiger partial charge in [-0.15, -0.1) is 0 Å². The molecule has 0 heterocycles. The molecule has 0 fully saturated rings. The third-order valence-corrected chi connectivity index (χ3v) is 2.23. The van der Waals surface area contributed by atoms with Gasteiger partial charge in [0, 0.05) is 6.21 Å². The van der Waals surface area contributed by atoms with Crippen LogP contribution in [0.4, 0.5) is 11.4 Å². The summed E-state index contributed by atoms with van der Waals surface area (Å²) in [6.45, 7) is 1.92. The first-order valence-corrected chi connectivity index (χ1v) is 5.30. The highest BCUT2D eigenvalue weighted by Gasteiger charge is 2.05. The molecule has 0 aliphatic carbocycles. The van der Waals surface area contributed by atoms with Gasteiger partial charge in [0.1, 0.15) is 0 Å². The first-order valence-electron chi connectivity index (χ1n) is 5.30. The van der Waals surface area contributed by atoms with E-state index in [1.165, 1.54) is 0 Å². The molecular weight excluding hydrogens is 196 g/mol. The van der Waals surface area contributed by atoms with Crippen LogP contribution in [0.25, 0.3) is 0 Å². The highest BCUT2D eigenvalue weighted by Crippen LogP contribution is 2.24. The van der Waals surface area contributed by atoms with Crippen LogP contribution >= 0.6 is 0 Å². The van der Waals surface area contributed by atoms with Crippen molar-refractivity contribution in [1.29, 1.82) is 0 Å². The lowest BCUT2D eigenvalue weighted by atomic mass is 10.2. The molecule has 0 saturated heterocycles. The van der Waals surface area contributed by atoms with Gasteiger partial charge in [-0.3, -0.25) is 0 Å². The molecule has 80 valence electrons. The van der Waals surface area contributed by atoms with E-state index in [4.69, 9.17) is 0 Å². The topological polar surface area (TPSA) is 15.6 Å². The van der Waals surface area contributed by atoms with Gasteiger partial charge < -0.3 is 0 Å². The maximum Gasteiger partial charge on any atom is 0.0652 e. The van der Waals surface area contributed by atoms with Gasteiger partial charge >= 0.3 is 0 Å². The Morgan fingerprint density at radius 1 is 0.812 bits per heavy atom. The molecule has 2 aromatic rings. The predicted octanol–water partition coefficient (Wildman–Crippen LogP) is 3.83. The Morgan fingerprint density at radius 3 is 1.62 bits per heavy atom. The van der Waals surface area contributed by atoms with Gasteiger partial charge in [0.25, 0.3) is 0 Å². The third-order valence-electron chi connectivity index (χ3n) is 2.23. The lowest BCUT2D eigenvalue weighted by Gasteiger charge is -2.18. The average molecular weight is 210 g/mol. The van der Waals surface area contributed by atoms with Crippen LogP contribution < -0.4 is 5.01 Å². The standard InChI is InChI=1S/C14H14N2/c1-2-15-16(13-9-5-3-6-10-13)14-11-7-4-8-12-14/h2-12H,1H3/b15-2-. The summed E-state index contributed by atoms with van der Waals surface area (Å²) in [7, 11) is 0. The molecule has 0 bridgehead atoms. The maximum absolute atomic E-state index is 4.37. The molecule has 0 amide bonds. The minimum absolute atomic E-state index is 1.06. The van der Waals surface area contributed by atoms with Crippen LogP contribution in [0.3, 0.4) is 0 Å². The van der Waals surface area contributed by atoms with Crippen molar-refractivity contribution in [2.75, 3.05) is 5.01 Å². The van der Waals surface area contributed by atoms with Gasteiger partial charge in [0.05, 0.1) is 11.4 Å². The van der Waals surface area contributed by atoms with E-state index in [9.17, 15) is 0 Å². The summed E-state index contributed by atoms with van der Waals surface area (Å²) in [5.74, 6) is 0. The first-order chi connectivity index (χ1) is 7.92. The fraction of sp³-hybridized carbons (Fsp3) is 0.0714. The van der Waals surface area contributed by atoms with Crippen molar-refractivity contribution in [3.63, 3.8) is 0 Å². The molecule has 16 heavy (non-hydrogen) atoms. The van der Waals surface area contributed by atoms with Gasteiger partial charge in [-0.05, 0) is 31.2 Å². The zero-order valence-electron chi connectivity index (χ0n) is 9.25. The number of nitrogens with zero attached hydrogens (tertiary/aromatic N) is 2. The van der Waals surface area contributed by atoms with E-state index in [2.05, 4.69) is 5.10 Å². The molecule has 0 aromatic heterocycles. The largest absolute Gasteiger partial charge is 0.234 e. The lowest BCUT2D eigenvalue weighted by Crippen LogP contribution is -2.08. The molecule has 0 radical (unpaired) electrons. The molecule has 0 unspecified atom stereocenters. The summed E-state index contributed by atoms with van der Waals surface area (Å²) < 4.78 is 0. The van der Waals surface area contributed by atoms with Crippen molar-refractivity contribution in [2.24, 2.45) is 5.10 Å². The number of hydrogen-bond donors (Lipinski definition) is 0. The average Bonchev–Trinajstić information content (AvgIpc) is 2.38. The van der Waals surface area contributed by atoms with Gasteiger partial charge in [0.2, 0.25) is 0 Å². The van der Waals surface area contributed by atoms with Crippen molar-refractivity contribution in [3.05, 3.63) is 60.7 Å². The molecule has 2 rings (SSSR count). The number of rotatable bonds is 3. The van der Waals surface area contributed by atoms with Crippen LogP contribution in [0, 0.1) is 0 Å². The molecule has 0 aliphatic heterocycles. The molecule has 0 N–H and O–H groups in total. The van der Waals surface area contributed by atoms with Crippen LogP contribution in [0.15, 0.2) is 65.8 Å². The van der Waals surface area contributed by atoms with E-state index in [0.717, 1.165) is 11.4 Å². The minimum atomic E-state index is 1.06. The molecule has 0 spiro atoms. The van der Waals surface area contributed by atoms with E-state index in [-0.39, 0.29) is 0 Å². The van der Waals surface area contributed by atoms with Crippen molar-refractivity contribution < 1.29 is 0 Å². The Labute approximate surface area is 95.8 Å². The normalized spacial score (nSPS) is 10.6. The van der Waals surface area contributed by atoms with E-state index < -0.39 is 0 Å². The monoisotopic (exact) mass is 210 g/mol. The Morgan fingerprint density at radius 2 is 1.25 bits per heavy atom.